The van der Waals surface area contributed by atoms with E-state index in [0.717, 1.165) is 44.9 Å². The summed E-state index contributed by atoms with van der Waals surface area (Å²) in [6.07, 6.45) is 60.1. The maximum Gasteiger partial charge on any atom is 0.305 e. The van der Waals surface area contributed by atoms with Gasteiger partial charge in [0.1, 0.15) is 0 Å². The number of hydrogen-bond acceptors (Lipinski definition) is 5. The lowest BCUT2D eigenvalue weighted by Gasteiger charge is -2.22. The monoisotopic (exact) mass is 860 g/mol. The summed E-state index contributed by atoms with van der Waals surface area (Å²) in [6.45, 7) is 4.91. The quantitative estimate of drug-likeness (QED) is 0.0322. The average Bonchev–Trinajstić information content (AvgIpc) is 3.26. The normalized spacial score (nSPS) is 12.8. The molecule has 1 amide bonds. The number of amides is 1. The van der Waals surface area contributed by atoms with Crippen LogP contribution >= 0.6 is 0 Å². The number of aliphatic hydroxyl groups excluding tert-OH is 2. The van der Waals surface area contributed by atoms with E-state index >= 15 is 0 Å². The molecule has 360 valence electrons. The fourth-order valence-electron chi connectivity index (χ4n) is 8.28. The molecule has 0 aromatic carbocycles. The minimum Gasteiger partial charge on any atom is -0.466 e. The number of nitrogens with one attached hydrogen (secondary N) is 1. The van der Waals surface area contributed by atoms with Crippen molar-refractivity contribution in [3.8, 4) is 0 Å². The minimum absolute atomic E-state index is 0.00410. The molecule has 2 unspecified atom stereocenters. The number of esters is 1. The van der Waals surface area contributed by atoms with E-state index in [2.05, 4.69) is 43.5 Å². The Hall–Kier alpha value is -1.66. The SMILES string of the molecule is CCCCC/C=C\CCCCCCCC(=O)OCCCCCCCCCCC/C=C\CCCCCCCCCC(=O)NC(CO)C(O)CCCCCCCCCCCCCC. The number of allylic oxidation sites excluding steroid dienone is 4. The van der Waals surface area contributed by atoms with E-state index in [4.69, 9.17) is 4.74 Å². The third-order valence-electron chi connectivity index (χ3n) is 12.5. The Bertz CT molecular complexity index is 951. The largest absolute Gasteiger partial charge is 0.466 e. The van der Waals surface area contributed by atoms with Gasteiger partial charge in [-0.3, -0.25) is 9.59 Å². The van der Waals surface area contributed by atoms with E-state index in [9.17, 15) is 19.8 Å². The molecule has 0 aromatic heterocycles. The number of aliphatic hydroxyl groups is 2. The summed E-state index contributed by atoms with van der Waals surface area (Å²) in [5, 5.41) is 23.2. The van der Waals surface area contributed by atoms with Gasteiger partial charge in [0.2, 0.25) is 5.91 Å². The topological polar surface area (TPSA) is 95.9 Å². The van der Waals surface area contributed by atoms with E-state index in [-0.39, 0.29) is 18.5 Å². The molecule has 3 N–H and O–H groups in total. The molecule has 0 spiro atoms. The summed E-state index contributed by atoms with van der Waals surface area (Å²) in [7, 11) is 0. The van der Waals surface area contributed by atoms with Crippen LogP contribution < -0.4 is 5.32 Å². The maximum absolute atomic E-state index is 12.4. The van der Waals surface area contributed by atoms with Crippen LogP contribution in [0.2, 0.25) is 0 Å². The Morgan fingerprint density at radius 2 is 0.770 bits per heavy atom. The van der Waals surface area contributed by atoms with Gasteiger partial charge in [-0.1, -0.05) is 224 Å². The van der Waals surface area contributed by atoms with Gasteiger partial charge in [-0.15, -0.1) is 0 Å². The van der Waals surface area contributed by atoms with Gasteiger partial charge in [-0.25, -0.2) is 0 Å². The lowest BCUT2D eigenvalue weighted by Crippen LogP contribution is -2.45. The zero-order valence-electron chi connectivity index (χ0n) is 40.9. The molecule has 6 heteroatoms. The van der Waals surface area contributed by atoms with Crippen molar-refractivity contribution in [3.05, 3.63) is 24.3 Å². The van der Waals surface area contributed by atoms with Crippen LogP contribution in [0.4, 0.5) is 0 Å². The van der Waals surface area contributed by atoms with E-state index in [0.29, 0.717) is 25.9 Å². The average molecular weight is 860 g/mol. The zero-order chi connectivity index (χ0) is 44.4. The Labute approximate surface area is 380 Å². The summed E-state index contributed by atoms with van der Waals surface area (Å²) in [5.74, 6) is -0.0483. The molecule has 0 fully saturated rings. The Morgan fingerprint density at radius 1 is 0.443 bits per heavy atom. The molecule has 0 aliphatic rings. The molecular weight excluding hydrogens is 755 g/mol. The van der Waals surface area contributed by atoms with Crippen molar-refractivity contribution >= 4 is 11.9 Å². The molecule has 2 atom stereocenters. The second kappa shape index (κ2) is 51.0. The highest BCUT2D eigenvalue weighted by Gasteiger charge is 2.20. The highest BCUT2D eigenvalue weighted by atomic mass is 16.5. The van der Waals surface area contributed by atoms with Crippen molar-refractivity contribution < 1.29 is 24.5 Å². The van der Waals surface area contributed by atoms with Crippen molar-refractivity contribution in [1.29, 1.82) is 0 Å². The Kier molecular flexibility index (Phi) is 49.6. The first-order valence-electron chi connectivity index (χ1n) is 27.1. The summed E-state index contributed by atoms with van der Waals surface area (Å²) < 4.78 is 5.45. The maximum atomic E-state index is 12.4. The zero-order valence-corrected chi connectivity index (χ0v) is 40.9. The predicted molar refractivity (Wildman–Crippen MR) is 264 cm³/mol. The number of unbranched alkanes of at least 4 members (excludes halogenated alkanes) is 35. The highest BCUT2D eigenvalue weighted by molar-refractivity contribution is 5.76. The molecular formula is C55H105NO5. The van der Waals surface area contributed by atoms with Crippen molar-refractivity contribution in [3.63, 3.8) is 0 Å². The molecule has 0 aliphatic carbocycles. The molecule has 0 aromatic rings. The molecule has 0 heterocycles. The molecule has 6 nitrogen and oxygen atoms in total. The fraction of sp³-hybridized carbons (Fsp3) is 0.891. The summed E-state index contributed by atoms with van der Waals surface area (Å²) in [6, 6.07) is -0.546. The van der Waals surface area contributed by atoms with Crippen LogP contribution in [-0.4, -0.2) is 47.4 Å². The standard InChI is InChI=1S/C55H105NO5/c1-3-5-7-9-11-13-15-27-31-35-39-43-47-53(58)52(51-57)56-54(59)48-44-40-36-32-28-25-23-21-19-17-18-20-22-24-26-30-34-38-42-46-50-61-55(60)49-45-41-37-33-29-16-14-12-10-8-6-4-2/h12,14,17,19,52-53,57-58H,3-11,13,15-16,18,20-51H2,1-2H3,(H,56,59)/b14-12-,19-17-. The Morgan fingerprint density at radius 3 is 1.20 bits per heavy atom. The van der Waals surface area contributed by atoms with Crippen LogP contribution in [0.1, 0.15) is 290 Å². The first-order chi connectivity index (χ1) is 30.0. The number of carbonyl (C=O) groups excluding carboxylic acids is 2. The van der Waals surface area contributed by atoms with E-state index in [1.54, 1.807) is 0 Å². The lowest BCUT2D eigenvalue weighted by atomic mass is 10.0. The summed E-state index contributed by atoms with van der Waals surface area (Å²) >= 11 is 0. The minimum atomic E-state index is -0.668. The van der Waals surface area contributed by atoms with Gasteiger partial charge in [0.05, 0.1) is 25.4 Å². The molecule has 0 saturated carbocycles. The smallest absolute Gasteiger partial charge is 0.305 e. The molecule has 61 heavy (non-hydrogen) atoms. The summed E-state index contributed by atoms with van der Waals surface area (Å²) in [4.78, 5) is 24.4. The van der Waals surface area contributed by atoms with E-state index in [1.807, 2.05) is 0 Å². The molecule has 0 rings (SSSR count). The fourth-order valence-corrected chi connectivity index (χ4v) is 8.28. The number of ether oxygens (including phenoxy) is 1. The van der Waals surface area contributed by atoms with Crippen LogP contribution in [0.15, 0.2) is 24.3 Å². The number of carbonyl (C=O) groups is 2. The Balaban J connectivity index is 3.43. The van der Waals surface area contributed by atoms with Gasteiger partial charge in [0.25, 0.3) is 0 Å². The van der Waals surface area contributed by atoms with Gasteiger partial charge < -0.3 is 20.3 Å². The third kappa shape index (κ3) is 47.7. The van der Waals surface area contributed by atoms with Gasteiger partial charge in [0, 0.05) is 12.8 Å². The van der Waals surface area contributed by atoms with Gasteiger partial charge in [-0.05, 0) is 77.0 Å². The van der Waals surface area contributed by atoms with Crippen LogP contribution in [0, 0.1) is 0 Å². The number of hydrogen-bond donors (Lipinski definition) is 3. The highest BCUT2D eigenvalue weighted by Crippen LogP contribution is 2.16. The van der Waals surface area contributed by atoms with Gasteiger partial charge in [0.15, 0.2) is 0 Å². The molecule has 0 radical (unpaired) electrons. The van der Waals surface area contributed by atoms with Crippen molar-refractivity contribution in [2.75, 3.05) is 13.2 Å². The van der Waals surface area contributed by atoms with E-state index < -0.39 is 12.1 Å². The van der Waals surface area contributed by atoms with Crippen LogP contribution in [0.3, 0.4) is 0 Å². The molecule has 0 bridgehead atoms. The first kappa shape index (κ1) is 59.3. The second-order valence-electron chi connectivity index (χ2n) is 18.6. The van der Waals surface area contributed by atoms with Crippen LogP contribution in [0.25, 0.3) is 0 Å². The van der Waals surface area contributed by atoms with Gasteiger partial charge >= 0.3 is 5.97 Å². The third-order valence-corrected chi connectivity index (χ3v) is 12.5. The lowest BCUT2D eigenvalue weighted by molar-refractivity contribution is -0.143. The first-order valence-corrected chi connectivity index (χ1v) is 27.1. The molecule has 0 aliphatic heterocycles. The van der Waals surface area contributed by atoms with Crippen molar-refractivity contribution in [2.24, 2.45) is 0 Å². The predicted octanol–water partition coefficient (Wildman–Crippen LogP) is 16.3. The second-order valence-corrected chi connectivity index (χ2v) is 18.6. The van der Waals surface area contributed by atoms with Crippen molar-refractivity contribution in [1.82, 2.24) is 5.32 Å². The summed E-state index contributed by atoms with van der Waals surface area (Å²) in [5.41, 5.74) is 0. The van der Waals surface area contributed by atoms with Crippen LogP contribution in [0.5, 0.6) is 0 Å². The van der Waals surface area contributed by atoms with Gasteiger partial charge in [-0.2, -0.15) is 0 Å². The van der Waals surface area contributed by atoms with E-state index in [1.165, 1.54) is 212 Å². The van der Waals surface area contributed by atoms with Crippen LogP contribution in [-0.2, 0) is 14.3 Å². The van der Waals surface area contributed by atoms with Crippen molar-refractivity contribution in [2.45, 2.75) is 302 Å². The molecule has 0 saturated heterocycles. The number of rotatable bonds is 50.